The number of carbonyl (C=O) groups excluding carboxylic acids is 1. The molecular formula is C13H15NO4. The van der Waals surface area contributed by atoms with Crippen LogP contribution in [0, 0.1) is 6.92 Å². The third kappa shape index (κ3) is 2.81. The zero-order valence-corrected chi connectivity index (χ0v) is 10.3. The van der Waals surface area contributed by atoms with Gasteiger partial charge in [-0.1, -0.05) is 0 Å². The Balaban J connectivity index is 2.09. The van der Waals surface area contributed by atoms with E-state index in [0.717, 1.165) is 5.76 Å². The van der Waals surface area contributed by atoms with Crippen molar-refractivity contribution in [1.29, 1.82) is 0 Å². The number of rotatable bonds is 5. The van der Waals surface area contributed by atoms with Crippen LogP contribution in [0.15, 0.2) is 39.6 Å². The van der Waals surface area contributed by atoms with Crippen LogP contribution < -0.4 is 5.32 Å². The number of methoxy groups -OCH3 is 1. The lowest BCUT2D eigenvalue weighted by molar-refractivity contribution is 0.0882. The third-order valence-corrected chi connectivity index (χ3v) is 2.53. The van der Waals surface area contributed by atoms with Gasteiger partial charge in [0, 0.05) is 7.11 Å². The Morgan fingerprint density at radius 3 is 2.83 bits per heavy atom. The van der Waals surface area contributed by atoms with Gasteiger partial charge >= 0.3 is 0 Å². The van der Waals surface area contributed by atoms with Crippen LogP contribution in [-0.4, -0.2) is 19.6 Å². The molecule has 2 aromatic heterocycles. The summed E-state index contributed by atoms with van der Waals surface area (Å²) >= 11 is 0. The van der Waals surface area contributed by atoms with E-state index in [9.17, 15) is 4.79 Å². The van der Waals surface area contributed by atoms with E-state index in [1.165, 1.54) is 12.5 Å². The van der Waals surface area contributed by atoms with Crippen molar-refractivity contribution in [1.82, 2.24) is 5.32 Å². The maximum Gasteiger partial charge on any atom is 0.255 e. The van der Waals surface area contributed by atoms with Gasteiger partial charge in [-0.25, -0.2) is 0 Å². The minimum absolute atomic E-state index is 0.222. The van der Waals surface area contributed by atoms with Crippen LogP contribution in [0.4, 0.5) is 0 Å². The molecule has 0 bridgehead atoms. The minimum atomic E-state index is -0.314. The fourth-order valence-electron chi connectivity index (χ4n) is 1.64. The van der Waals surface area contributed by atoms with Gasteiger partial charge < -0.3 is 18.9 Å². The van der Waals surface area contributed by atoms with Gasteiger partial charge in [-0.2, -0.15) is 0 Å². The standard InChI is InChI=1S/C13H15NO4/c1-9-3-4-12(18-9)11(8-16-2)14-13(15)10-5-6-17-7-10/h3-7,11H,8H2,1-2H3,(H,14,15)/t11-/m1/s1. The quantitative estimate of drug-likeness (QED) is 0.883. The molecular weight excluding hydrogens is 234 g/mol. The van der Waals surface area contributed by atoms with Gasteiger partial charge in [0.1, 0.15) is 23.8 Å². The van der Waals surface area contributed by atoms with Crippen molar-refractivity contribution >= 4 is 5.91 Å². The molecule has 1 N–H and O–H groups in total. The topological polar surface area (TPSA) is 64.6 Å². The van der Waals surface area contributed by atoms with Gasteiger partial charge in [0.2, 0.25) is 0 Å². The molecule has 0 unspecified atom stereocenters. The summed E-state index contributed by atoms with van der Waals surface area (Å²) in [5.41, 5.74) is 0.472. The molecule has 0 fully saturated rings. The van der Waals surface area contributed by atoms with Crippen molar-refractivity contribution in [2.45, 2.75) is 13.0 Å². The van der Waals surface area contributed by atoms with E-state index < -0.39 is 0 Å². The van der Waals surface area contributed by atoms with E-state index in [-0.39, 0.29) is 11.9 Å². The molecule has 96 valence electrons. The molecule has 0 aliphatic heterocycles. The Bertz CT molecular complexity index is 501. The highest BCUT2D eigenvalue weighted by molar-refractivity contribution is 5.93. The second-order valence-electron chi connectivity index (χ2n) is 3.94. The van der Waals surface area contributed by atoms with Gasteiger partial charge in [-0.05, 0) is 25.1 Å². The first-order valence-electron chi connectivity index (χ1n) is 5.59. The summed E-state index contributed by atoms with van der Waals surface area (Å²) in [5.74, 6) is 1.25. The van der Waals surface area contributed by atoms with Crippen LogP contribution in [0.25, 0.3) is 0 Å². The first-order valence-corrected chi connectivity index (χ1v) is 5.59. The summed E-state index contributed by atoms with van der Waals surface area (Å²) < 4.78 is 15.5. The Morgan fingerprint density at radius 1 is 1.44 bits per heavy atom. The van der Waals surface area contributed by atoms with Crippen LogP contribution in [-0.2, 0) is 4.74 Å². The van der Waals surface area contributed by atoms with Crippen molar-refractivity contribution in [3.63, 3.8) is 0 Å². The van der Waals surface area contributed by atoms with E-state index >= 15 is 0 Å². The fourth-order valence-corrected chi connectivity index (χ4v) is 1.64. The summed E-state index contributed by atoms with van der Waals surface area (Å²) in [4.78, 5) is 11.9. The molecule has 0 saturated heterocycles. The molecule has 5 nitrogen and oxygen atoms in total. The Kier molecular flexibility index (Phi) is 3.84. The molecule has 0 radical (unpaired) electrons. The number of hydrogen-bond donors (Lipinski definition) is 1. The van der Waals surface area contributed by atoms with Crippen molar-refractivity contribution in [2.75, 3.05) is 13.7 Å². The van der Waals surface area contributed by atoms with Gasteiger partial charge in [-0.3, -0.25) is 4.79 Å². The van der Waals surface area contributed by atoms with Crippen molar-refractivity contribution in [3.05, 3.63) is 47.8 Å². The molecule has 0 aromatic carbocycles. The Labute approximate surface area is 105 Å². The lowest BCUT2D eigenvalue weighted by Gasteiger charge is -2.15. The van der Waals surface area contributed by atoms with Crippen molar-refractivity contribution < 1.29 is 18.4 Å². The highest BCUT2D eigenvalue weighted by Gasteiger charge is 2.19. The minimum Gasteiger partial charge on any atom is -0.472 e. The van der Waals surface area contributed by atoms with E-state index in [4.69, 9.17) is 13.6 Å². The second-order valence-corrected chi connectivity index (χ2v) is 3.94. The SMILES string of the molecule is COC[C@@H](NC(=O)c1ccoc1)c1ccc(C)o1. The summed E-state index contributed by atoms with van der Waals surface area (Å²) in [7, 11) is 1.58. The average molecular weight is 249 g/mol. The van der Waals surface area contributed by atoms with Crippen molar-refractivity contribution in [3.8, 4) is 0 Å². The monoisotopic (exact) mass is 249 g/mol. The normalized spacial score (nSPS) is 12.3. The lowest BCUT2D eigenvalue weighted by atomic mass is 10.2. The first kappa shape index (κ1) is 12.4. The summed E-state index contributed by atoms with van der Waals surface area (Å²) in [6, 6.07) is 4.97. The number of hydrogen-bond acceptors (Lipinski definition) is 4. The van der Waals surface area contributed by atoms with E-state index in [2.05, 4.69) is 5.32 Å². The van der Waals surface area contributed by atoms with Crippen LogP contribution in [0.2, 0.25) is 0 Å². The van der Waals surface area contributed by atoms with Crippen LogP contribution in [0.1, 0.15) is 27.9 Å². The fraction of sp³-hybridized carbons (Fsp3) is 0.308. The second kappa shape index (κ2) is 5.55. The number of nitrogens with one attached hydrogen (secondary N) is 1. The number of furan rings is 2. The van der Waals surface area contributed by atoms with Crippen molar-refractivity contribution in [2.24, 2.45) is 0 Å². The zero-order chi connectivity index (χ0) is 13.0. The summed E-state index contributed by atoms with van der Waals surface area (Å²) in [6.07, 6.45) is 2.85. The number of carbonyl (C=O) groups is 1. The summed E-state index contributed by atoms with van der Waals surface area (Å²) in [6.45, 7) is 2.20. The van der Waals surface area contributed by atoms with Gasteiger partial charge in [-0.15, -0.1) is 0 Å². The molecule has 2 rings (SSSR count). The highest BCUT2D eigenvalue weighted by atomic mass is 16.5. The predicted molar refractivity (Wildman–Crippen MR) is 64.2 cm³/mol. The molecule has 0 aliphatic carbocycles. The van der Waals surface area contributed by atoms with Crippen LogP contribution in [0.5, 0.6) is 0 Å². The zero-order valence-electron chi connectivity index (χ0n) is 10.3. The van der Waals surface area contributed by atoms with E-state index in [1.54, 1.807) is 13.2 Å². The van der Waals surface area contributed by atoms with Gasteiger partial charge in [0.25, 0.3) is 5.91 Å². The Morgan fingerprint density at radius 2 is 2.28 bits per heavy atom. The maximum atomic E-state index is 11.9. The predicted octanol–water partition coefficient (Wildman–Crippen LogP) is 2.30. The molecule has 5 heteroatoms. The molecule has 18 heavy (non-hydrogen) atoms. The molecule has 0 aliphatic rings. The Hall–Kier alpha value is -2.01. The van der Waals surface area contributed by atoms with E-state index in [1.807, 2.05) is 19.1 Å². The molecule has 1 amide bonds. The molecule has 0 saturated carbocycles. The molecule has 0 spiro atoms. The summed E-state index contributed by atoms with van der Waals surface area (Å²) in [5, 5.41) is 2.83. The van der Waals surface area contributed by atoms with E-state index in [0.29, 0.717) is 17.9 Å². The van der Waals surface area contributed by atoms with Gasteiger partial charge in [0.15, 0.2) is 0 Å². The van der Waals surface area contributed by atoms with Crippen LogP contribution in [0.3, 0.4) is 0 Å². The number of aryl methyl sites for hydroxylation is 1. The number of ether oxygens (including phenoxy) is 1. The first-order chi connectivity index (χ1) is 8.70. The van der Waals surface area contributed by atoms with Crippen LogP contribution >= 0.6 is 0 Å². The molecule has 2 aromatic rings. The third-order valence-electron chi connectivity index (χ3n) is 2.53. The number of amides is 1. The van der Waals surface area contributed by atoms with Gasteiger partial charge in [0.05, 0.1) is 18.4 Å². The smallest absolute Gasteiger partial charge is 0.255 e. The maximum absolute atomic E-state index is 11.9. The molecule has 1 atom stereocenters. The molecule has 2 heterocycles. The lowest BCUT2D eigenvalue weighted by Crippen LogP contribution is -2.30. The highest BCUT2D eigenvalue weighted by Crippen LogP contribution is 2.17. The average Bonchev–Trinajstić information content (AvgIpc) is 2.98. The largest absolute Gasteiger partial charge is 0.472 e.